The molecule has 0 spiro atoms. The summed E-state index contributed by atoms with van der Waals surface area (Å²) in [4.78, 5) is 12.3. The summed E-state index contributed by atoms with van der Waals surface area (Å²) in [6, 6.07) is 9.04. The molecule has 0 unspecified atom stereocenters. The van der Waals surface area contributed by atoms with E-state index in [1.165, 1.54) is 0 Å². The SMILES string of the molecule is CCOc1c(Br)cc(/C=C2/C(=O)Nc3ccc(Cl)cc32)cc1OC. The zero-order valence-electron chi connectivity index (χ0n) is 13.2. The van der Waals surface area contributed by atoms with Crippen LogP contribution in [0.15, 0.2) is 34.8 Å². The Balaban J connectivity index is 2.08. The van der Waals surface area contributed by atoms with Crippen molar-refractivity contribution in [1.82, 2.24) is 0 Å². The molecular formula is C18H15BrClNO3. The summed E-state index contributed by atoms with van der Waals surface area (Å²) < 4.78 is 11.7. The molecule has 0 aromatic heterocycles. The van der Waals surface area contributed by atoms with Gasteiger partial charge in [0, 0.05) is 21.8 Å². The van der Waals surface area contributed by atoms with Crippen LogP contribution in [0.2, 0.25) is 5.02 Å². The van der Waals surface area contributed by atoms with Gasteiger partial charge in [-0.15, -0.1) is 0 Å². The van der Waals surface area contributed by atoms with Crippen molar-refractivity contribution in [1.29, 1.82) is 0 Å². The second-order valence-electron chi connectivity index (χ2n) is 5.17. The number of rotatable bonds is 4. The molecule has 1 aliphatic heterocycles. The highest BCUT2D eigenvalue weighted by Crippen LogP contribution is 2.39. The van der Waals surface area contributed by atoms with Crippen molar-refractivity contribution in [3.05, 3.63) is 51.0 Å². The Hall–Kier alpha value is -1.98. The molecule has 0 saturated heterocycles. The van der Waals surface area contributed by atoms with Crippen LogP contribution in [-0.4, -0.2) is 19.6 Å². The third kappa shape index (κ3) is 3.14. The van der Waals surface area contributed by atoms with Gasteiger partial charge in [-0.05, 0) is 64.8 Å². The van der Waals surface area contributed by atoms with Crippen molar-refractivity contribution in [2.75, 3.05) is 19.0 Å². The minimum absolute atomic E-state index is 0.156. The van der Waals surface area contributed by atoms with Gasteiger partial charge in [0.25, 0.3) is 5.91 Å². The number of fused-ring (bicyclic) bond motifs is 1. The Bertz CT molecular complexity index is 848. The molecule has 0 aliphatic carbocycles. The van der Waals surface area contributed by atoms with Crippen LogP contribution in [0.3, 0.4) is 0 Å². The number of carbonyl (C=O) groups is 1. The molecule has 0 atom stereocenters. The molecule has 0 saturated carbocycles. The number of hydrogen-bond acceptors (Lipinski definition) is 3. The topological polar surface area (TPSA) is 47.6 Å². The van der Waals surface area contributed by atoms with Gasteiger partial charge in [0.05, 0.1) is 18.2 Å². The number of ether oxygens (including phenoxy) is 2. The average Bonchev–Trinajstić information content (AvgIpc) is 2.85. The Morgan fingerprint density at radius 2 is 2.08 bits per heavy atom. The number of anilines is 1. The van der Waals surface area contributed by atoms with Crippen LogP contribution in [0.5, 0.6) is 11.5 Å². The normalized spacial score (nSPS) is 14.5. The van der Waals surface area contributed by atoms with Crippen molar-refractivity contribution in [3.8, 4) is 11.5 Å². The third-order valence-corrected chi connectivity index (χ3v) is 4.44. The van der Waals surface area contributed by atoms with Crippen LogP contribution >= 0.6 is 27.5 Å². The van der Waals surface area contributed by atoms with E-state index in [1.54, 1.807) is 31.4 Å². The molecule has 124 valence electrons. The first-order chi connectivity index (χ1) is 11.5. The molecule has 0 fully saturated rings. The largest absolute Gasteiger partial charge is 0.493 e. The number of benzene rings is 2. The maximum absolute atomic E-state index is 12.3. The molecular weight excluding hydrogens is 394 g/mol. The van der Waals surface area contributed by atoms with Gasteiger partial charge in [0.15, 0.2) is 11.5 Å². The monoisotopic (exact) mass is 407 g/mol. The van der Waals surface area contributed by atoms with E-state index in [0.29, 0.717) is 28.7 Å². The van der Waals surface area contributed by atoms with E-state index in [-0.39, 0.29) is 5.91 Å². The molecule has 3 rings (SSSR count). The summed E-state index contributed by atoms with van der Waals surface area (Å²) in [5.74, 6) is 1.08. The maximum Gasteiger partial charge on any atom is 0.256 e. The molecule has 1 amide bonds. The van der Waals surface area contributed by atoms with Crippen LogP contribution in [0.1, 0.15) is 18.1 Å². The fourth-order valence-electron chi connectivity index (χ4n) is 2.58. The van der Waals surface area contributed by atoms with Crippen molar-refractivity contribution in [3.63, 3.8) is 0 Å². The smallest absolute Gasteiger partial charge is 0.256 e. The Kier molecular flexibility index (Phi) is 4.83. The first-order valence-corrected chi connectivity index (χ1v) is 8.54. The Labute approximate surface area is 153 Å². The second-order valence-corrected chi connectivity index (χ2v) is 6.46. The lowest BCUT2D eigenvalue weighted by Gasteiger charge is -2.12. The minimum Gasteiger partial charge on any atom is -0.493 e. The number of amides is 1. The van der Waals surface area contributed by atoms with Crippen LogP contribution in [0, 0.1) is 0 Å². The third-order valence-electron chi connectivity index (χ3n) is 3.62. The van der Waals surface area contributed by atoms with Crippen molar-refractivity contribution in [2.24, 2.45) is 0 Å². The van der Waals surface area contributed by atoms with Crippen LogP contribution in [0.4, 0.5) is 5.69 Å². The predicted octanol–water partition coefficient (Wildman–Crippen LogP) is 5.00. The van der Waals surface area contributed by atoms with Gasteiger partial charge in [0.2, 0.25) is 0 Å². The predicted molar refractivity (Wildman–Crippen MR) is 99.8 cm³/mol. The van der Waals surface area contributed by atoms with Gasteiger partial charge in [0.1, 0.15) is 0 Å². The van der Waals surface area contributed by atoms with E-state index in [2.05, 4.69) is 21.2 Å². The number of halogens is 2. The summed E-state index contributed by atoms with van der Waals surface area (Å²) in [7, 11) is 1.58. The van der Waals surface area contributed by atoms with Gasteiger partial charge in [-0.25, -0.2) is 0 Å². The number of hydrogen-bond donors (Lipinski definition) is 1. The van der Waals surface area contributed by atoms with Gasteiger partial charge < -0.3 is 14.8 Å². The van der Waals surface area contributed by atoms with Gasteiger partial charge >= 0.3 is 0 Å². The fourth-order valence-corrected chi connectivity index (χ4v) is 3.32. The van der Waals surface area contributed by atoms with Crippen LogP contribution in [0.25, 0.3) is 11.6 Å². The lowest BCUT2D eigenvalue weighted by Crippen LogP contribution is -2.03. The highest BCUT2D eigenvalue weighted by molar-refractivity contribution is 9.10. The minimum atomic E-state index is -0.156. The number of carbonyl (C=O) groups excluding carboxylic acids is 1. The highest BCUT2D eigenvalue weighted by Gasteiger charge is 2.24. The van der Waals surface area contributed by atoms with E-state index in [4.69, 9.17) is 21.1 Å². The highest BCUT2D eigenvalue weighted by atomic mass is 79.9. The summed E-state index contributed by atoms with van der Waals surface area (Å²) in [6.45, 7) is 2.44. The van der Waals surface area contributed by atoms with E-state index < -0.39 is 0 Å². The first kappa shape index (κ1) is 16.9. The lowest BCUT2D eigenvalue weighted by atomic mass is 10.0. The van der Waals surface area contributed by atoms with E-state index >= 15 is 0 Å². The van der Waals surface area contributed by atoms with Crippen LogP contribution < -0.4 is 14.8 Å². The summed E-state index contributed by atoms with van der Waals surface area (Å²) >= 11 is 9.55. The molecule has 24 heavy (non-hydrogen) atoms. The summed E-state index contributed by atoms with van der Waals surface area (Å²) in [6.07, 6.45) is 1.81. The average molecular weight is 409 g/mol. The molecule has 1 aliphatic rings. The molecule has 6 heteroatoms. The van der Waals surface area contributed by atoms with E-state index in [9.17, 15) is 4.79 Å². The van der Waals surface area contributed by atoms with Crippen molar-refractivity contribution >= 4 is 50.8 Å². The van der Waals surface area contributed by atoms with E-state index in [1.807, 2.05) is 19.1 Å². The number of methoxy groups -OCH3 is 1. The Morgan fingerprint density at radius 3 is 2.79 bits per heavy atom. The second kappa shape index (κ2) is 6.87. The van der Waals surface area contributed by atoms with Gasteiger partial charge in [-0.3, -0.25) is 4.79 Å². The zero-order chi connectivity index (χ0) is 17.3. The quantitative estimate of drug-likeness (QED) is 0.724. The standard InChI is InChI=1S/C18H15BrClNO3/c1-3-24-17-14(19)7-10(8-16(17)23-2)6-13-12-9-11(20)4-5-15(12)21-18(13)22/h4-9H,3H2,1-2H3,(H,21,22)/b13-6+. The van der Waals surface area contributed by atoms with E-state index in [0.717, 1.165) is 21.3 Å². The fraction of sp³-hybridized carbons (Fsp3) is 0.167. The summed E-state index contributed by atoms with van der Waals surface area (Å²) in [5, 5.41) is 3.42. The molecule has 1 N–H and O–H groups in total. The Morgan fingerprint density at radius 1 is 1.29 bits per heavy atom. The lowest BCUT2D eigenvalue weighted by molar-refractivity contribution is -0.110. The first-order valence-electron chi connectivity index (χ1n) is 7.36. The zero-order valence-corrected chi connectivity index (χ0v) is 15.5. The van der Waals surface area contributed by atoms with Gasteiger partial charge in [-0.2, -0.15) is 0 Å². The molecule has 0 radical (unpaired) electrons. The number of nitrogens with one attached hydrogen (secondary N) is 1. The molecule has 4 nitrogen and oxygen atoms in total. The summed E-state index contributed by atoms with van der Waals surface area (Å²) in [5.41, 5.74) is 2.93. The van der Waals surface area contributed by atoms with Crippen molar-refractivity contribution < 1.29 is 14.3 Å². The van der Waals surface area contributed by atoms with Gasteiger partial charge in [-0.1, -0.05) is 11.6 Å². The molecule has 1 heterocycles. The molecule has 2 aromatic rings. The molecule has 0 bridgehead atoms. The van der Waals surface area contributed by atoms with Crippen molar-refractivity contribution in [2.45, 2.75) is 6.92 Å². The molecule has 2 aromatic carbocycles. The maximum atomic E-state index is 12.3. The van der Waals surface area contributed by atoms with Crippen LogP contribution in [-0.2, 0) is 4.79 Å².